The molecule has 0 atom stereocenters. The first kappa shape index (κ1) is 21.5. The van der Waals surface area contributed by atoms with E-state index in [9.17, 15) is 4.79 Å². The highest BCUT2D eigenvalue weighted by Gasteiger charge is 2.25. The van der Waals surface area contributed by atoms with Crippen LogP contribution in [0.25, 0.3) is 0 Å². The maximum Gasteiger partial charge on any atom is 0.415 e. The van der Waals surface area contributed by atoms with Gasteiger partial charge in [0.05, 0.1) is 21.3 Å². The second-order valence-corrected chi connectivity index (χ2v) is 7.01. The average molecular weight is 415 g/mol. The zero-order chi connectivity index (χ0) is 21.7. The summed E-state index contributed by atoms with van der Waals surface area (Å²) in [5.41, 5.74) is 2.89. The molecule has 0 bridgehead atoms. The van der Waals surface area contributed by atoms with Crippen molar-refractivity contribution in [3.05, 3.63) is 35.5 Å². The largest absolute Gasteiger partial charge is 0.497 e. The summed E-state index contributed by atoms with van der Waals surface area (Å²) < 4.78 is 21.6. The Labute approximate surface area is 177 Å². The number of benzene rings is 1. The molecule has 1 aromatic heterocycles. The number of pyridine rings is 1. The number of amides is 1. The Morgan fingerprint density at radius 2 is 1.60 bits per heavy atom. The van der Waals surface area contributed by atoms with Crippen molar-refractivity contribution in [2.45, 2.75) is 20.3 Å². The van der Waals surface area contributed by atoms with Crippen LogP contribution in [0, 0.1) is 6.92 Å². The Kier molecular flexibility index (Phi) is 6.87. The first-order valence-corrected chi connectivity index (χ1v) is 9.98. The summed E-state index contributed by atoms with van der Waals surface area (Å²) in [7, 11) is 4.78. The number of aromatic nitrogens is 1. The number of carbonyl (C=O) groups is 1. The molecule has 0 N–H and O–H groups in total. The van der Waals surface area contributed by atoms with Crippen molar-refractivity contribution in [2.75, 3.05) is 52.4 Å². The zero-order valence-corrected chi connectivity index (χ0v) is 18.2. The minimum atomic E-state index is -0.399. The van der Waals surface area contributed by atoms with E-state index >= 15 is 0 Å². The molecule has 8 nitrogen and oxygen atoms in total. The molecule has 2 heterocycles. The predicted molar refractivity (Wildman–Crippen MR) is 114 cm³/mol. The van der Waals surface area contributed by atoms with E-state index in [4.69, 9.17) is 18.9 Å². The second-order valence-electron chi connectivity index (χ2n) is 7.01. The van der Waals surface area contributed by atoms with Gasteiger partial charge >= 0.3 is 6.09 Å². The Balaban J connectivity index is 1.66. The number of methoxy groups -OCH3 is 3. The molecule has 0 saturated carbocycles. The van der Waals surface area contributed by atoms with Gasteiger partial charge in [-0.2, -0.15) is 0 Å². The fourth-order valence-corrected chi connectivity index (χ4v) is 3.46. The van der Waals surface area contributed by atoms with Crippen LogP contribution in [0.5, 0.6) is 23.1 Å². The molecule has 0 spiro atoms. The molecule has 1 saturated heterocycles. The molecule has 1 amide bonds. The van der Waals surface area contributed by atoms with E-state index in [1.165, 1.54) is 7.11 Å². The fraction of sp³-hybridized carbons (Fsp3) is 0.455. The quantitative estimate of drug-likeness (QED) is 0.717. The molecule has 30 heavy (non-hydrogen) atoms. The Hall–Kier alpha value is -3.16. The van der Waals surface area contributed by atoms with Crippen molar-refractivity contribution in [3.8, 4) is 23.1 Å². The van der Waals surface area contributed by atoms with Crippen molar-refractivity contribution in [1.29, 1.82) is 0 Å². The molecule has 0 radical (unpaired) electrons. The van der Waals surface area contributed by atoms with Crippen molar-refractivity contribution < 1.29 is 23.7 Å². The standard InChI is InChI=1S/C22H29N3O5/c1-6-16-11-20(21(29-5)23-15(16)2)30-22(26)25-9-7-24(8-10-25)17-12-18(27-3)14-19(13-17)28-4/h11-14H,6-10H2,1-5H3. The molecule has 1 aromatic carbocycles. The number of carbonyl (C=O) groups excluding carboxylic acids is 1. The van der Waals surface area contributed by atoms with Crippen LogP contribution < -0.4 is 23.8 Å². The van der Waals surface area contributed by atoms with Gasteiger partial charge in [0.2, 0.25) is 0 Å². The van der Waals surface area contributed by atoms with Gasteiger partial charge in [0, 0.05) is 55.8 Å². The van der Waals surface area contributed by atoms with Gasteiger partial charge in [-0.1, -0.05) is 6.92 Å². The van der Waals surface area contributed by atoms with E-state index in [0.717, 1.165) is 34.9 Å². The number of nitrogens with zero attached hydrogens (tertiary/aromatic N) is 3. The summed E-state index contributed by atoms with van der Waals surface area (Å²) in [4.78, 5) is 21.0. The lowest BCUT2D eigenvalue weighted by Crippen LogP contribution is -2.49. The normalized spacial score (nSPS) is 13.8. The monoisotopic (exact) mass is 415 g/mol. The number of rotatable bonds is 6. The summed E-state index contributed by atoms with van der Waals surface area (Å²) >= 11 is 0. The molecule has 0 aliphatic carbocycles. The number of hydrogen-bond acceptors (Lipinski definition) is 7. The van der Waals surface area contributed by atoms with Gasteiger partial charge in [0.25, 0.3) is 5.88 Å². The number of anilines is 1. The van der Waals surface area contributed by atoms with Crippen LogP contribution in [0.3, 0.4) is 0 Å². The average Bonchev–Trinajstić information content (AvgIpc) is 2.79. The van der Waals surface area contributed by atoms with E-state index in [1.54, 1.807) is 19.1 Å². The third-order valence-corrected chi connectivity index (χ3v) is 5.26. The van der Waals surface area contributed by atoms with Crippen molar-refractivity contribution >= 4 is 11.8 Å². The highest BCUT2D eigenvalue weighted by molar-refractivity contribution is 5.72. The summed E-state index contributed by atoms with van der Waals surface area (Å²) in [6, 6.07) is 7.60. The Morgan fingerprint density at radius 1 is 0.967 bits per heavy atom. The first-order valence-electron chi connectivity index (χ1n) is 9.98. The van der Waals surface area contributed by atoms with Gasteiger partial charge in [-0.3, -0.25) is 0 Å². The summed E-state index contributed by atoms with van der Waals surface area (Å²) in [6.07, 6.45) is 0.402. The van der Waals surface area contributed by atoms with Gasteiger partial charge in [0.1, 0.15) is 11.5 Å². The number of hydrogen-bond donors (Lipinski definition) is 0. The second kappa shape index (κ2) is 9.56. The molecular formula is C22H29N3O5. The smallest absolute Gasteiger partial charge is 0.415 e. The topological polar surface area (TPSA) is 73.4 Å². The number of ether oxygens (including phenoxy) is 4. The van der Waals surface area contributed by atoms with Gasteiger partial charge < -0.3 is 28.7 Å². The Morgan fingerprint density at radius 3 is 2.13 bits per heavy atom. The Bertz CT molecular complexity index is 872. The lowest BCUT2D eigenvalue weighted by Gasteiger charge is -2.35. The van der Waals surface area contributed by atoms with E-state index in [2.05, 4.69) is 9.88 Å². The predicted octanol–water partition coefficient (Wildman–Crippen LogP) is 3.30. The van der Waals surface area contributed by atoms with Gasteiger partial charge in [-0.25, -0.2) is 9.78 Å². The third kappa shape index (κ3) is 4.69. The lowest BCUT2D eigenvalue weighted by molar-refractivity contribution is 0.147. The molecular weight excluding hydrogens is 386 g/mol. The molecule has 2 aromatic rings. The molecule has 1 aliphatic rings. The van der Waals surface area contributed by atoms with Crippen molar-refractivity contribution in [1.82, 2.24) is 9.88 Å². The molecule has 1 fully saturated rings. The van der Waals surface area contributed by atoms with Gasteiger partial charge in [-0.15, -0.1) is 0 Å². The van der Waals surface area contributed by atoms with E-state index in [0.29, 0.717) is 37.8 Å². The minimum Gasteiger partial charge on any atom is -0.497 e. The van der Waals surface area contributed by atoms with E-state index in [-0.39, 0.29) is 0 Å². The lowest BCUT2D eigenvalue weighted by atomic mass is 10.1. The number of piperazine rings is 1. The van der Waals surface area contributed by atoms with Crippen LogP contribution in [0.2, 0.25) is 0 Å². The molecule has 0 unspecified atom stereocenters. The van der Waals surface area contributed by atoms with Crippen LogP contribution in [-0.2, 0) is 6.42 Å². The SMILES string of the molecule is CCc1cc(OC(=O)N2CCN(c3cc(OC)cc(OC)c3)CC2)c(OC)nc1C. The van der Waals surface area contributed by atoms with E-state index in [1.807, 2.05) is 38.1 Å². The maximum absolute atomic E-state index is 12.7. The fourth-order valence-electron chi connectivity index (χ4n) is 3.46. The summed E-state index contributed by atoms with van der Waals surface area (Å²) in [6.45, 7) is 6.39. The van der Waals surface area contributed by atoms with Crippen LogP contribution in [0.1, 0.15) is 18.2 Å². The highest BCUT2D eigenvalue weighted by atomic mass is 16.6. The molecule has 1 aliphatic heterocycles. The van der Waals surface area contributed by atoms with Crippen molar-refractivity contribution in [3.63, 3.8) is 0 Å². The maximum atomic E-state index is 12.7. The zero-order valence-electron chi connectivity index (χ0n) is 18.2. The molecule has 162 valence electrons. The number of aryl methyl sites for hydroxylation is 2. The third-order valence-electron chi connectivity index (χ3n) is 5.26. The van der Waals surface area contributed by atoms with Gasteiger partial charge in [-0.05, 0) is 25.0 Å². The summed E-state index contributed by atoms with van der Waals surface area (Å²) in [5, 5.41) is 0. The van der Waals surface area contributed by atoms with Crippen LogP contribution in [0.15, 0.2) is 24.3 Å². The van der Waals surface area contributed by atoms with Crippen LogP contribution in [-0.4, -0.2) is 63.5 Å². The van der Waals surface area contributed by atoms with E-state index < -0.39 is 6.09 Å². The van der Waals surface area contributed by atoms with Crippen LogP contribution in [0.4, 0.5) is 10.5 Å². The summed E-state index contributed by atoms with van der Waals surface area (Å²) in [5.74, 6) is 2.14. The first-order chi connectivity index (χ1) is 14.5. The van der Waals surface area contributed by atoms with Crippen LogP contribution >= 0.6 is 0 Å². The van der Waals surface area contributed by atoms with Crippen molar-refractivity contribution in [2.24, 2.45) is 0 Å². The molecule has 8 heteroatoms. The highest BCUT2D eigenvalue weighted by Crippen LogP contribution is 2.30. The molecule has 3 rings (SSSR count). The minimum absolute atomic E-state index is 0.320. The van der Waals surface area contributed by atoms with Gasteiger partial charge in [0.15, 0.2) is 5.75 Å².